The maximum absolute atomic E-state index is 11.2. The molecule has 15 rings (SSSR count). The highest BCUT2D eigenvalue weighted by atomic mass is 16.8. The molecule has 0 bridgehead atoms. The lowest BCUT2D eigenvalue weighted by Gasteiger charge is -2.25. The molecule has 9 aromatic rings. The van der Waals surface area contributed by atoms with Gasteiger partial charge in [-0.05, 0) is 121 Å². The SMILES string of the molecule is C.C.C.C.C.C.C.C.C.N/C(Cc1cn(C2CCC(N)CC2)nn1)=N/O.NC1CCC(n2cc(C3=NC(C(=O)O)ON3)nn2)CC1.NCCCn1ccnn1.NCCn1cc(/C(N)=N/O)nn1.NCCn1cc(C(=O)NN)nn1.NCCn1cc(C/C(N)=N\O)nn1.NCCn1cc(C2=NOC(C(=O)O)O2)nn1.NNC(=O)c1cn(C2CCC(N)CC2)nn1.c1cn(C2CCNCC2)nn1. The minimum absolute atomic E-state index is 0. The zero-order chi connectivity index (χ0) is 91.1. The second-order valence-corrected chi connectivity index (χ2v) is 28.1. The Bertz CT molecular complexity index is 4760. The summed E-state index contributed by atoms with van der Waals surface area (Å²) >= 11 is 0. The number of hydrogen-bond acceptors (Lipinski definition) is 45. The molecule has 3 aliphatic heterocycles. The zero-order valence-corrected chi connectivity index (χ0v) is 69.0. The monoisotopic (exact) mass is 1920 g/mol. The quantitative estimate of drug-likeness (QED) is 0.00658. The van der Waals surface area contributed by atoms with Crippen LogP contribution in [0.4, 0.5) is 0 Å². The third-order valence-electron chi connectivity index (χ3n) is 18.7. The minimum atomic E-state index is -1.42. The lowest BCUT2D eigenvalue weighted by molar-refractivity contribution is -0.165. The number of carboxylic acids is 2. The molecule has 1 saturated heterocycles. The molecule has 35 N–H and O–H groups in total. The number of oxime groups is 4. The number of rotatable bonds is 26. The van der Waals surface area contributed by atoms with Gasteiger partial charge in [-0.15, -0.1) is 45.9 Å². The van der Waals surface area contributed by atoms with E-state index in [1.165, 1.54) is 33.1 Å². The number of carbonyl (C=O) groups is 4. The number of hydrogen-bond donors (Lipinski definition) is 22. The first kappa shape index (κ1) is 125. The smallest absolute Gasteiger partial charge is 0.389 e. The number of amides is 2. The van der Waals surface area contributed by atoms with Crippen LogP contribution in [-0.2, 0) is 69.6 Å². The highest BCUT2D eigenvalue weighted by Crippen LogP contribution is 2.29. The van der Waals surface area contributed by atoms with Crippen molar-refractivity contribution in [3.8, 4) is 0 Å². The first-order chi connectivity index (χ1) is 60.9. The fourth-order valence-electron chi connectivity index (χ4n) is 12.1. The number of nitrogens with two attached hydrogens (primary N) is 13. The molecule has 6 aliphatic rings. The van der Waals surface area contributed by atoms with Crippen LogP contribution >= 0.6 is 0 Å². The average molecular weight is 1920 g/mol. The third kappa shape index (κ3) is 43.2. The van der Waals surface area contributed by atoms with E-state index < -0.39 is 36.3 Å². The van der Waals surface area contributed by atoms with Crippen molar-refractivity contribution in [1.29, 1.82) is 0 Å². The number of aliphatic carboxylic acids is 2. The fraction of sp³-hybridized carbons (Fsp3) is 0.635. The molecule has 135 heavy (non-hydrogen) atoms. The van der Waals surface area contributed by atoms with Crippen LogP contribution in [0, 0.1) is 0 Å². The summed E-state index contributed by atoms with van der Waals surface area (Å²) in [5.41, 5.74) is 69.4. The molecule has 9 aromatic heterocycles. The predicted molar refractivity (Wildman–Crippen MR) is 501 cm³/mol. The van der Waals surface area contributed by atoms with E-state index in [1.54, 1.807) is 62.1 Å². The summed E-state index contributed by atoms with van der Waals surface area (Å²) in [6.45, 7) is 7.84. The summed E-state index contributed by atoms with van der Waals surface area (Å²) in [5.74, 6) is 7.10. The Labute approximate surface area is 783 Å². The van der Waals surface area contributed by atoms with Gasteiger partial charge in [0.25, 0.3) is 23.9 Å². The van der Waals surface area contributed by atoms with Crippen LogP contribution in [-0.4, -0.2) is 290 Å². The molecule has 2 unspecified atom stereocenters. The molecule has 0 spiro atoms. The molecule has 762 valence electrons. The molecule has 3 aliphatic carbocycles. The molecule has 12 heterocycles. The second-order valence-electron chi connectivity index (χ2n) is 28.1. The van der Waals surface area contributed by atoms with E-state index in [0.29, 0.717) is 125 Å². The van der Waals surface area contributed by atoms with Crippen LogP contribution in [0.5, 0.6) is 0 Å². The van der Waals surface area contributed by atoms with Gasteiger partial charge in [0.2, 0.25) is 0 Å². The molecule has 61 nitrogen and oxygen atoms in total. The van der Waals surface area contributed by atoms with Gasteiger partial charge in [-0.2, -0.15) is 0 Å². The highest BCUT2D eigenvalue weighted by Gasteiger charge is 2.32. The normalized spacial score (nSPS) is 18.3. The number of carbonyl (C=O) groups excluding carboxylic acids is 2. The number of carboxylic acid groups (broad SMARTS) is 2. The topological polar surface area (TPSA) is 922 Å². The van der Waals surface area contributed by atoms with Gasteiger partial charge in [0.05, 0.1) is 118 Å². The summed E-state index contributed by atoms with van der Waals surface area (Å²) < 4.78 is 20.1. The van der Waals surface area contributed by atoms with Crippen molar-refractivity contribution in [3.05, 3.63) is 108 Å². The third-order valence-corrected chi connectivity index (χ3v) is 18.7. The van der Waals surface area contributed by atoms with Crippen LogP contribution < -0.4 is 96.4 Å². The molecule has 3 saturated carbocycles. The highest BCUT2D eigenvalue weighted by molar-refractivity contribution is 5.98. The van der Waals surface area contributed by atoms with Crippen molar-refractivity contribution in [1.82, 2.24) is 157 Å². The van der Waals surface area contributed by atoms with Gasteiger partial charge in [-0.3, -0.25) is 43.8 Å². The van der Waals surface area contributed by atoms with E-state index in [2.05, 4.69) is 134 Å². The van der Waals surface area contributed by atoms with Crippen LogP contribution in [0.3, 0.4) is 0 Å². The van der Waals surface area contributed by atoms with Gasteiger partial charge in [0.15, 0.2) is 34.4 Å². The summed E-state index contributed by atoms with van der Waals surface area (Å²) in [5, 5.41) is 126. The predicted octanol–water partition coefficient (Wildman–Crippen LogP) is -2.65. The lowest BCUT2D eigenvalue weighted by Crippen LogP contribution is -2.30. The number of aryl methyl sites for hydroxylation is 1. The largest absolute Gasteiger partial charge is 0.478 e. The Morgan fingerprint density at radius 3 is 1.32 bits per heavy atom. The van der Waals surface area contributed by atoms with Gasteiger partial charge >= 0.3 is 18.2 Å². The number of aromatic nitrogens is 27. The molecule has 2 amide bonds. The van der Waals surface area contributed by atoms with Gasteiger partial charge in [-0.1, -0.05) is 129 Å². The van der Waals surface area contributed by atoms with E-state index in [0.717, 1.165) is 109 Å². The maximum atomic E-state index is 11.2. The summed E-state index contributed by atoms with van der Waals surface area (Å²) in [4.78, 5) is 56.5. The Morgan fingerprint density at radius 1 is 0.437 bits per heavy atom. The van der Waals surface area contributed by atoms with Crippen molar-refractivity contribution < 1.29 is 59.4 Å². The number of ether oxygens (including phenoxy) is 1. The number of amidine groups is 4. The fourth-order valence-corrected chi connectivity index (χ4v) is 12.1. The van der Waals surface area contributed by atoms with Crippen LogP contribution in [0.1, 0.15) is 237 Å². The van der Waals surface area contributed by atoms with Gasteiger partial charge in [0, 0.05) is 75.6 Å². The molecule has 61 heteroatoms. The minimum Gasteiger partial charge on any atom is -0.478 e. The number of aliphatic imine (C=N–C) groups is 1. The Kier molecular flexibility index (Phi) is 63.4. The molecule has 0 aromatic carbocycles. The van der Waals surface area contributed by atoms with Crippen LogP contribution in [0.15, 0.2) is 93.8 Å². The number of nitrogen functional groups attached to an aromatic ring is 2. The molecule has 0 radical (unpaired) electrons. The molecule has 2 atom stereocenters. The van der Waals surface area contributed by atoms with Crippen LogP contribution in [0.2, 0.25) is 0 Å². The second kappa shape index (κ2) is 68.2. The lowest BCUT2D eigenvalue weighted by atomic mass is 9.92. The number of hydroxylamine groups is 1. The van der Waals surface area contributed by atoms with E-state index in [9.17, 15) is 19.2 Å². The van der Waals surface area contributed by atoms with E-state index in [1.807, 2.05) is 38.8 Å². The first-order valence-electron chi connectivity index (χ1n) is 39.7. The molecular formula is C74H149N49O12. The van der Waals surface area contributed by atoms with Crippen molar-refractivity contribution >= 4 is 53.0 Å². The number of piperidine rings is 1. The van der Waals surface area contributed by atoms with Crippen molar-refractivity contribution in [2.75, 3.05) is 45.8 Å². The number of nitrogens with one attached hydrogen (secondary N) is 4. The summed E-state index contributed by atoms with van der Waals surface area (Å²) in [6, 6.07) is 2.43. The van der Waals surface area contributed by atoms with Crippen molar-refractivity contribution in [2.45, 2.75) is 264 Å². The van der Waals surface area contributed by atoms with E-state index in [-0.39, 0.29) is 120 Å². The number of nitrogens with zero attached hydrogens (tertiary/aromatic N) is 32. The summed E-state index contributed by atoms with van der Waals surface area (Å²) in [7, 11) is 0. The standard InChI is InChI=1S/C11H16N6O3.C10H18N6O.C9H16N6O.C7H9N5O4.C7H12N4.C6H12N6O.2C5H10N6O.C5H10N4.9CH4/c12-6-1-3-7(4-2-6)17-5-8(14-16-17)9-13-10(11(18)19)20-15-9;11-7-1-3-9(4-2-7)16-6-8(13-15-16)5-10(12)14-17;10-6-1-3-7(4-2-6)15-5-8(13-14-15)9(16)12-11;8-1-2-12-3-4(9-11-12)5-10-16-7(15-5)6(13)14;1-3-8-4-2-7(1)11-6-5-9-10-11;7-1-2-12-4-5(9-11-12)3-6(8)10-13;6-1-2-11-3-4(9-10-11)5(12)8-7;6-1-2-11-3-4(8-10-11)5(7)9-12;6-2-1-4-9-5-3-7-8-9;;;;;;;;;/h5-7,10H,1-4,12H2,(H,13,15)(H,18,19);6-7,9,17H,1-5,11H2,(H2,12,14);5-7H,1-4,10-11H2,(H,12,16);3,7H,1-2,8H2,(H,13,14);5-8H,1-4H2;4,13H,1-3,7H2,(H2,8,10);3H,1-2,6-7H2,(H,8,12);3,12H,1-2,6H2,(H2,7,9);3,5H,1-2,4,6H2;9*1H4. The first-order valence-corrected chi connectivity index (χ1v) is 39.7. The van der Waals surface area contributed by atoms with Gasteiger partial charge in [0.1, 0.15) is 17.4 Å². The number of hydrazine groups is 2. The van der Waals surface area contributed by atoms with Crippen molar-refractivity contribution in [3.63, 3.8) is 0 Å². The van der Waals surface area contributed by atoms with E-state index in [4.69, 9.17) is 110 Å². The zero-order valence-electron chi connectivity index (χ0n) is 69.0. The van der Waals surface area contributed by atoms with Crippen molar-refractivity contribution in [2.24, 2.45) is 100 Å². The van der Waals surface area contributed by atoms with Crippen LogP contribution in [0.25, 0.3) is 0 Å². The Hall–Kier alpha value is -13.8. The summed E-state index contributed by atoms with van der Waals surface area (Å²) in [6.07, 6.45) is 31.9. The van der Waals surface area contributed by atoms with E-state index >= 15 is 0 Å². The molecule has 4 fully saturated rings. The Morgan fingerprint density at radius 2 is 0.859 bits per heavy atom. The average Bonchev–Trinajstić information content (AvgIpc) is 1.64. The Balaban J connectivity index is -0.00000145. The van der Waals surface area contributed by atoms with Gasteiger partial charge < -0.3 is 104 Å². The maximum Gasteiger partial charge on any atom is 0.389 e. The van der Waals surface area contributed by atoms with Gasteiger partial charge in [-0.25, -0.2) is 55.3 Å². The molecular weight excluding hydrogens is 1770 g/mol.